The van der Waals surface area contributed by atoms with Crippen molar-refractivity contribution in [2.24, 2.45) is 0 Å². The predicted molar refractivity (Wildman–Crippen MR) is 186 cm³/mol. The van der Waals surface area contributed by atoms with Crippen LogP contribution in [0.3, 0.4) is 0 Å². The molecule has 2 unspecified atom stereocenters. The Hall–Kier alpha value is -6.51. The molecule has 0 saturated carbocycles. The van der Waals surface area contributed by atoms with Crippen molar-refractivity contribution >= 4 is 54.0 Å². The summed E-state index contributed by atoms with van der Waals surface area (Å²) in [6.45, 7) is 7.25. The Bertz CT molecular complexity index is 1700. The van der Waals surface area contributed by atoms with Gasteiger partial charge in [0, 0.05) is 39.8 Å². The number of nitrogen functional groups attached to an aromatic ring is 1. The number of nitrogens with zero attached hydrogens (tertiary/aromatic N) is 6. The minimum Gasteiger partial charge on any atom is -0.505 e. The predicted octanol–water partition coefficient (Wildman–Crippen LogP) is 0.152. The number of nitrogens with one attached hydrogen (secondary N) is 1. The van der Waals surface area contributed by atoms with E-state index in [1.807, 2.05) is 0 Å². The number of esters is 1. The van der Waals surface area contributed by atoms with Gasteiger partial charge in [0.1, 0.15) is 30.7 Å². The first-order valence-electron chi connectivity index (χ1n) is 15.8. The van der Waals surface area contributed by atoms with Crippen molar-refractivity contribution < 1.29 is 63.4 Å². The first-order valence-corrected chi connectivity index (χ1v) is 15.8. The van der Waals surface area contributed by atoms with E-state index in [-0.39, 0.29) is 54.7 Å². The molecule has 2 fully saturated rings. The second-order valence-corrected chi connectivity index (χ2v) is 11.6. The molecule has 2 aliphatic heterocycles. The van der Waals surface area contributed by atoms with E-state index in [4.69, 9.17) is 20.7 Å². The van der Waals surface area contributed by atoms with Crippen molar-refractivity contribution in [3.05, 3.63) is 57.6 Å². The number of carbonyl (C=O) groups excluding carboxylic acids is 4. The van der Waals surface area contributed by atoms with Gasteiger partial charge in [0.2, 0.25) is 5.75 Å². The second-order valence-electron chi connectivity index (χ2n) is 11.6. The Morgan fingerprint density at radius 1 is 0.981 bits per heavy atom. The Kier molecular flexibility index (Phi) is 15.4. The van der Waals surface area contributed by atoms with E-state index in [1.54, 1.807) is 33.0 Å². The van der Waals surface area contributed by atoms with Crippen LogP contribution < -0.4 is 11.1 Å². The van der Waals surface area contributed by atoms with Crippen LogP contribution in [0.15, 0.2) is 36.4 Å². The molecule has 21 heteroatoms. The number of nitro benzene ring substituents is 1. The van der Waals surface area contributed by atoms with E-state index >= 15 is 0 Å². The summed E-state index contributed by atoms with van der Waals surface area (Å²) >= 11 is 0. The van der Waals surface area contributed by atoms with Crippen LogP contribution in [0, 0.1) is 10.1 Å². The van der Waals surface area contributed by atoms with Gasteiger partial charge in [-0.3, -0.25) is 25.0 Å². The smallest absolute Gasteiger partial charge is 0.492 e. The maximum Gasteiger partial charge on any atom is 0.492 e. The number of aliphatic carboxylic acids is 1. The highest BCUT2D eigenvalue weighted by Gasteiger charge is 2.39. The number of benzene rings is 2. The molecule has 2 aliphatic rings. The van der Waals surface area contributed by atoms with Gasteiger partial charge in [0.25, 0.3) is 5.91 Å². The summed E-state index contributed by atoms with van der Waals surface area (Å²) in [7, 11) is 4.73. The fourth-order valence-corrected chi connectivity index (χ4v) is 5.00. The van der Waals surface area contributed by atoms with Gasteiger partial charge < -0.3 is 45.6 Å². The molecule has 7 N–H and O–H groups in total. The monoisotopic (exact) mass is 747 g/mol. The zero-order chi connectivity index (χ0) is 40.2. The molecule has 2 heterocycles. The molecule has 2 atom stereocenters. The van der Waals surface area contributed by atoms with Crippen molar-refractivity contribution in [3.63, 3.8) is 0 Å². The number of rotatable bonds is 6. The van der Waals surface area contributed by atoms with E-state index < -0.39 is 51.9 Å². The van der Waals surface area contributed by atoms with Gasteiger partial charge in [-0.1, -0.05) is 12.1 Å². The summed E-state index contributed by atoms with van der Waals surface area (Å²) in [6, 6.07) is 5.50. The Balaban J connectivity index is 0.000000292. The van der Waals surface area contributed by atoms with E-state index in [0.717, 1.165) is 17.0 Å². The maximum absolute atomic E-state index is 12.6. The number of carboxylic acids is 2. The zero-order valence-electron chi connectivity index (χ0n) is 29.5. The van der Waals surface area contributed by atoms with Gasteiger partial charge in [0.05, 0.1) is 43.1 Å². The molecule has 2 saturated heterocycles. The van der Waals surface area contributed by atoms with Crippen molar-refractivity contribution in [1.82, 2.24) is 24.9 Å². The first-order chi connectivity index (χ1) is 24.8. The number of aromatic carboxylic acids is 1. The van der Waals surface area contributed by atoms with Crippen LogP contribution in [-0.2, 0) is 14.3 Å². The number of phenols is 2. The van der Waals surface area contributed by atoms with Gasteiger partial charge >= 0.3 is 35.7 Å². The number of piperazine rings is 2. The molecule has 2 aromatic rings. The van der Waals surface area contributed by atoms with Crippen LogP contribution in [0.5, 0.6) is 11.5 Å². The summed E-state index contributed by atoms with van der Waals surface area (Å²) < 4.78 is 6.16. The van der Waals surface area contributed by atoms with Crippen molar-refractivity contribution in [2.45, 2.75) is 19.0 Å². The number of urea groups is 2. The van der Waals surface area contributed by atoms with Crippen molar-refractivity contribution in [1.29, 1.82) is 0 Å². The molecule has 2 aromatic carbocycles. The quantitative estimate of drug-likeness (QED) is 0.0436. The molecule has 5 amide bonds. The second kappa shape index (κ2) is 19.2. The maximum atomic E-state index is 12.6. The van der Waals surface area contributed by atoms with Crippen LogP contribution in [0.25, 0.3) is 0 Å². The van der Waals surface area contributed by atoms with Crippen LogP contribution in [0.1, 0.15) is 27.6 Å². The van der Waals surface area contributed by atoms with Crippen molar-refractivity contribution in [3.8, 4) is 11.5 Å². The number of nitrogens with two attached hydrogens (primary N) is 1. The number of amides is 5. The number of hydrogen-bond donors (Lipinski definition) is 6. The normalized spacial score (nSPS) is 16.4. The van der Waals surface area contributed by atoms with E-state index in [1.165, 1.54) is 38.6 Å². The van der Waals surface area contributed by atoms with Gasteiger partial charge in [-0.05, 0) is 25.1 Å². The van der Waals surface area contributed by atoms with Gasteiger partial charge in [-0.2, -0.15) is 4.79 Å². The highest BCUT2D eigenvalue weighted by atomic mass is 16.6. The lowest BCUT2D eigenvalue weighted by Gasteiger charge is -2.40. The topological polar surface area (TPSA) is 290 Å². The van der Waals surface area contributed by atoms with Crippen LogP contribution in [0.4, 0.5) is 21.0 Å². The van der Waals surface area contributed by atoms with Gasteiger partial charge in [-0.15, -0.1) is 0 Å². The highest BCUT2D eigenvalue weighted by molar-refractivity contribution is 6.00. The molecular formula is C32H43N8O13+. The lowest BCUT2D eigenvalue weighted by molar-refractivity contribution is -0.394. The summed E-state index contributed by atoms with van der Waals surface area (Å²) in [4.78, 5) is 84.6. The number of carbonyl (C=O) groups is 6. The molecule has 0 bridgehead atoms. The van der Waals surface area contributed by atoms with Crippen LogP contribution in [0.2, 0.25) is 0 Å². The lowest BCUT2D eigenvalue weighted by Crippen LogP contribution is -2.60. The fraction of sp³-hybridized carbons (Fsp3) is 0.406. The number of carboxylic acid groups (broad SMARTS) is 2. The minimum atomic E-state index is -1.40. The third kappa shape index (κ3) is 11.2. The van der Waals surface area contributed by atoms with E-state index in [9.17, 15) is 49.1 Å². The molecule has 0 radical (unpaired) electrons. The molecule has 21 nitrogen and oxygen atoms in total. The molecule has 4 rings (SSSR count). The Morgan fingerprint density at radius 2 is 1.60 bits per heavy atom. The molecule has 288 valence electrons. The molecule has 0 spiro atoms. The molecule has 53 heavy (non-hydrogen) atoms. The average molecular weight is 748 g/mol. The standard InChI is InChI=1S/C15H20N4O5.C10H18N3O3.C7H5NO5/c1-17(2)15(24)18-6-7-19(11(8-18)14(22)23)13(21)9-4-3-5-10(16)12(9)20;1-4-16-9(14)8-7-13(6-5-11-8)10(15)12(2)3;9-6-4(7(10)11)2-1-3-5(6)8(12)13/h3-5,11,20H,6-8,16H2,1-2H3,(H,22,23);8,11H,2,4-7H2,1,3H3;1-3,9H,(H,10,11)/q;+1;. The number of para-hydroxylation sites is 2. The summed E-state index contributed by atoms with van der Waals surface area (Å²) in [5, 5.41) is 50.2. The van der Waals surface area contributed by atoms with Gasteiger partial charge in [0.15, 0.2) is 5.75 Å². The molecule has 0 aromatic heterocycles. The number of hydrogen-bond acceptors (Lipinski definition) is 13. The molecule has 0 aliphatic carbocycles. The Labute approximate surface area is 303 Å². The minimum absolute atomic E-state index is 0.0362. The summed E-state index contributed by atoms with van der Waals surface area (Å²) in [6.07, 6.45) is 0. The fourth-order valence-electron chi connectivity index (χ4n) is 5.00. The number of phenolic OH excluding ortho intramolecular Hbond substituents is 1. The SMILES string of the molecule is C=[N+](C)C(=O)N1CCNC(C(=O)OCC)C1.CN(C)C(=O)N1CCN(C(=O)c2cccc(N)c2O)C(C(=O)O)C1.O=C(O)c1cccc([N+](=O)[O-])c1O. The highest BCUT2D eigenvalue weighted by Crippen LogP contribution is 2.29. The van der Waals surface area contributed by atoms with Crippen LogP contribution in [-0.4, -0.2) is 171 Å². The van der Waals surface area contributed by atoms with E-state index in [0.29, 0.717) is 26.2 Å². The van der Waals surface area contributed by atoms with Crippen molar-refractivity contribution in [2.75, 3.05) is 72.8 Å². The zero-order valence-corrected chi connectivity index (χ0v) is 29.5. The third-order valence-electron chi connectivity index (χ3n) is 7.66. The lowest BCUT2D eigenvalue weighted by atomic mass is 10.1. The van der Waals surface area contributed by atoms with Crippen LogP contribution >= 0.6 is 0 Å². The number of ether oxygens (including phenoxy) is 1. The Morgan fingerprint density at radius 3 is 2.15 bits per heavy atom. The van der Waals surface area contributed by atoms with E-state index in [2.05, 4.69) is 12.0 Å². The summed E-state index contributed by atoms with van der Waals surface area (Å²) in [5.41, 5.74) is 4.47. The number of nitro groups is 1. The first kappa shape index (κ1) is 42.7. The van der Waals surface area contributed by atoms with Gasteiger partial charge in [-0.25, -0.2) is 23.9 Å². The summed E-state index contributed by atoms with van der Waals surface area (Å²) in [5.74, 6) is -4.77. The molecular weight excluding hydrogens is 704 g/mol. The average Bonchev–Trinajstić information content (AvgIpc) is 3.12. The largest absolute Gasteiger partial charge is 0.505 e. The third-order valence-corrected chi connectivity index (χ3v) is 7.66. The number of aromatic hydroxyl groups is 2. The number of anilines is 1.